The zero-order valence-electron chi connectivity index (χ0n) is 15.5. The van der Waals surface area contributed by atoms with Crippen molar-refractivity contribution in [3.05, 3.63) is 32.5 Å². The summed E-state index contributed by atoms with van der Waals surface area (Å²) in [5, 5.41) is 12.8. The molecule has 3 aromatic heterocycles. The van der Waals surface area contributed by atoms with Gasteiger partial charge < -0.3 is 0 Å². The molecule has 3 aromatic rings. The molecule has 2 aliphatic rings. The minimum atomic E-state index is -0.435. The number of aryl methyl sites for hydroxylation is 1. The second kappa shape index (κ2) is 6.80. The minimum absolute atomic E-state index is 0.114. The van der Waals surface area contributed by atoms with Gasteiger partial charge in [-0.3, -0.25) is 14.3 Å². The molecule has 2 fully saturated rings. The molecular formula is C17H20N8O2S. The van der Waals surface area contributed by atoms with Crippen LogP contribution >= 0.6 is 11.8 Å². The van der Waals surface area contributed by atoms with Crippen LogP contribution in [0.2, 0.25) is 0 Å². The van der Waals surface area contributed by atoms with E-state index < -0.39 is 5.56 Å². The van der Waals surface area contributed by atoms with Crippen molar-refractivity contribution in [3.63, 3.8) is 0 Å². The molecule has 3 heterocycles. The van der Waals surface area contributed by atoms with E-state index in [0.717, 1.165) is 50.3 Å². The van der Waals surface area contributed by atoms with Gasteiger partial charge in [-0.2, -0.15) is 0 Å². The molecule has 2 saturated carbocycles. The molecule has 2 aliphatic carbocycles. The Bertz CT molecular complexity index is 1160. The van der Waals surface area contributed by atoms with Crippen molar-refractivity contribution in [1.29, 1.82) is 0 Å². The Balaban J connectivity index is 1.61. The average molecular weight is 400 g/mol. The van der Waals surface area contributed by atoms with Gasteiger partial charge in [0.2, 0.25) is 0 Å². The number of hydrogen-bond acceptors (Lipinski definition) is 8. The summed E-state index contributed by atoms with van der Waals surface area (Å²) in [6, 6.07) is 0.114. The highest BCUT2D eigenvalue weighted by atomic mass is 32.2. The summed E-state index contributed by atoms with van der Waals surface area (Å²) in [5.41, 5.74) is -0.359. The summed E-state index contributed by atoms with van der Waals surface area (Å²) in [7, 11) is 0. The summed E-state index contributed by atoms with van der Waals surface area (Å²) in [5.74, 6) is 2.27. The van der Waals surface area contributed by atoms with E-state index in [1.54, 1.807) is 9.25 Å². The van der Waals surface area contributed by atoms with Crippen molar-refractivity contribution in [2.75, 3.05) is 0 Å². The van der Waals surface area contributed by atoms with Gasteiger partial charge in [0.25, 0.3) is 5.56 Å². The van der Waals surface area contributed by atoms with Crippen LogP contribution in [0.4, 0.5) is 0 Å². The van der Waals surface area contributed by atoms with E-state index in [1.165, 1.54) is 11.8 Å². The molecule has 0 atom stereocenters. The van der Waals surface area contributed by atoms with Crippen molar-refractivity contribution in [3.8, 4) is 0 Å². The van der Waals surface area contributed by atoms with Crippen LogP contribution in [0.3, 0.4) is 0 Å². The summed E-state index contributed by atoms with van der Waals surface area (Å²) in [6.07, 6.45) is 4.87. The number of thioether (sulfide) groups is 1. The molecule has 0 aliphatic heterocycles. The summed E-state index contributed by atoms with van der Waals surface area (Å²) >= 11 is 1.42. The van der Waals surface area contributed by atoms with Crippen LogP contribution in [-0.4, -0.2) is 39.7 Å². The van der Waals surface area contributed by atoms with E-state index in [2.05, 4.69) is 37.4 Å². The molecule has 0 amide bonds. The van der Waals surface area contributed by atoms with Gasteiger partial charge in [-0.25, -0.2) is 19.4 Å². The van der Waals surface area contributed by atoms with Gasteiger partial charge in [0.1, 0.15) is 16.2 Å². The zero-order chi connectivity index (χ0) is 19.3. The molecule has 146 valence electrons. The highest BCUT2D eigenvalue weighted by Crippen LogP contribution is 2.41. The molecule has 5 rings (SSSR count). The largest absolute Gasteiger partial charge is 0.330 e. The third kappa shape index (κ3) is 3.13. The van der Waals surface area contributed by atoms with Gasteiger partial charge in [-0.05, 0) is 42.5 Å². The van der Waals surface area contributed by atoms with Crippen molar-refractivity contribution in [1.82, 2.24) is 39.7 Å². The van der Waals surface area contributed by atoms with Gasteiger partial charge in [0.05, 0.1) is 5.75 Å². The summed E-state index contributed by atoms with van der Waals surface area (Å²) in [6.45, 7) is 2.80. The van der Waals surface area contributed by atoms with Crippen LogP contribution in [0, 0.1) is 0 Å². The van der Waals surface area contributed by atoms with E-state index in [-0.39, 0.29) is 11.7 Å². The first-order valence-corrected chi connectivity index (χ1v) is 10.6. The summed E-state index contributed by atoms with van der Waals surface area (Å²) < 4.78 is 3.40. The van der Waals surface area contributed by atoms with E-state index in [9.17, 15) is 9.59 Å². The van der Waals surface area contributed by atoms with Gasteiger partial charge in [-0.15, -0.1) is 5.10 Å². The predicted molar refractivity (Wildman–Crippen MR) is 102 cm³/mol. The normalized spacial score (nSPS) is 16.8. The number of nitrogens with zero attached hydrogens (tertiary/aromatic N) is 7. The topological polar surface area (TPSA) is 124 Å². The number of fused-ring (bicyclic) bond motifs is 1. The number of aromatic amines is 1. The molecule has 0 spiro atoms. The van der Waals surface area contributed by atoms with Crippen LogP contribution in [0.5, 0.6) is 0 Å². The van der Waals surface area contributed by atoms with Crippen LogP contribution in [0.15, 0.2) is 14.6 Å². The maximum absolute atomic E-state index is 12.6. The average Bonchev–Trinajstić information content (AvgIpc) is 3.58. The fraction of sp³-hybridized carbons (Fsp3) is 0.588. The Morgan fingerprint density at radius 2 is 2.00 bits per heavy atom. The third-order valence-electron chi connectivity index (χ3n) is 5.00. The molecule has 1 N–H and O–H groups in total. The minimum Gasteiger partial charge on any atom is -0.274 e. The van der Waals surface area contributed by atoms with Crippen LogP contribution in [0.1, 0.15) is 62.6 Å². The van der Waals surface area contributed by atoms with Gasteiger partial charge in [0, 0.05) is 18.5 Å². The second-order valence-corrected chi connectivity index (χ2v) is 8.29. The highest BCUT2D eigenvalue weighted by Gasteiger charge is 2.32. The lowest BCUT2D eigenvalue weighted by Crippen LogP contribution is -2.31. The molecule has 0 saturated heterocycles. The van der Waals surface area contributed by atoms with Gasteiger partial charge >= 0.3 is 5.69 Å². The number of hydrogen-bond donors (Lipinski definition) is 1. The molecule has 0 aromatic carbocycles. The first-order chi connectivity index (χ1) is 13.7. The fourth-order valence-electron chi connectivity index (χ4n) is 3.28. The van der Waals surface area contributed by atoms with Crippen molar-refractivity contribution >= 4 is 22.8 Å². The fourth-order valence-corrected chi connectivity index (χ4v) is 4.24. The quantitative estimate of drug-likeness (QED) is 0.466. The van der Waals surface area contributed by atoms with Crippen LogP contribution in [-0.2, 0) is 12.3 Å². The smallest absolute Gasteiger partial charge is 0.274 e. The molecule has 10 nitrogen and oxygen atoms in total. The lowest BCUT2D eigenvalue weighted by atomic mass is 10.3. The van der Waals surface area contributed by atoms with Crippen molar-refractivity contribution in [2.24, 2.45) is 0 Å². The Morgan fingerprint density at radius 3 is 2.71 bits per heavy atom. The zero-order valence-corrected chi connectivity index (χ0v) is 16.3. The predicted octanol–water partition coefficient (Wildman–Crippen LogP) is 1.38. The number of H-pyrrole nitrogens is 1. The molecule has 0 bridgehead atoms. The molecule has 28 heavy (non-hydrogen) atoms. The third-order valence-corrected chi connectivity index (χ3v) is 5.97. The Morgan fingerprint density at radius 1 is 1.18 bits per heavy atom. The summed E-state index contributed by atoms with van der Waals surface area (Å²) in [4.78, 5) is 36.8. The Hall–Kier alpha value is -2.56. The molecule has 0 radical (unpaired) electrons. The van der Waals surface area contributed by atoms with Crippen molar-refractivity contribution < 1.29 is 0 Å². The van der Waals surface area contributed by atoms with E-state index >= 15 is 0 Å². The van der Waals surface area contributed by atoms with Crippen molar-refractivity contribution in [2.45, 2.75) is 68.3 Å². The second-order valence-electron chi connectivity index (χ2n) is 7.33. The maximum Gasteiger partial charge on any atom is 0.330 e. The lowest BCUT2D eigenvalue weighted by Gasteiger charge is -2.11. The molecule has 11 heteroatoms. The maximum atomic E-state index is 12.6. The first kappa shape index (κ1) is 17.5. The van der Waals surface area contributed by atoms with E-state index in [4.69, 9.17) is 0 Å². The standard InChI is InChI=1S/C17H20N8O2S/c1-2-7-24-11(21-22-23-24)8-28-16-12-14(18-13(19-16)9-3-4-9)25(10-5-6-10)17(27)20-15(12)26/h9-10H,2-8H2,1H3,(H,20,26,27). The first-order valence-electron chi connectivity index (χ1n) is 9.60. The van der Waals surface area contributed by atoms with Gasteiger partial charge in [-0.1, -0.05) is 18.7 Å². The van der Waals surface area contributed by atoms with E-state index in [1.807, 2.05) is 0 Å². The SMILES string of the molecule is CCCn1nnnc1CSc1nc(C2CC2)nc2c1c(=O)[nH]c(=O)n2C1CC1. The molecular weight excluding hydrogens is 380 g/mol. The van der Waals surface area contributed by atoms with Gasteiger partial charge in [0.15, 0.2) is 11.5 Å². The molecule has 0 unspecified atom stereocenters. The Labute approximate surface area is 163 Å². The Kier molecular flexibility index (Phi) is 4.26. The lowest BCUT2D eigenvalue weighted by molar-refractivity contribution is 0.564. The number of aromatic nitrogens is 8. The van der Waals surface area contributed by atoms with E-state index in [0.29, 0.717) is 27.7 Å². The highest BCUT2D eigenvalue weighted by molar-refractivity contribution is 7.98. The monoisotopic (exact) mass is 400 g/mol. The number of nitrogens with one attached hydrogen (secondary N) is 1. The number of rotatable bonds is 7. The van der Waals surface area contributed by atoms with Crippen LogP contribution < -0.4 is 11.2 Å². The number of tetrazole rings is 1. The van der Waals surface area contributed by atoms with Crippen LogP contribution in [0.25, 0.3) is 11.0 Å².